The molecule has 1 amide bonds. The van der Waals surface area contributed by atoms with Crippen LogP contribution in [-0.2, 0) is 11.3 Å². The predicted octanol–water partition coefficient (Wildman–Crippen LogP) is 1.10. The van der Waals surface area contributed by atoms with Crippen LogP contribution in [0.25, 0.3) is 6.08 Å². The van der Waals surface area contributed by atoms with E-state index < -0.39 is 5.97 Å². The number of nitrogens with zero attached hydrogens (tertiary/aromatic N) is 2. The molecule has 7 nitrogen and oxygen atoms in total. The first-order chi connectivity index (χ1) is 9.65. The topological polar surface area (TPSA) is 105 Å². The van der Waals surface area contributed by atoms with Crippen LogP contribution in [0.5, 0.6) is 0 Å². The molecule has 0 atom stereocenters. The molecule has 102 valence electrons. The summed E-state index contributed by atoms with van der Waals surface area (Å²) in [7, 11) is 0. The van der Waals surface area contributed by atoms with E-state index in [1.54, 1.807) is 12.1 Å². The quantitative estimate of drug-likeness (QED) is 0.790. The fraction of sp³-hybridized carbons (Fsp3) is 0.0769. The van der Waals surface area contributed by atoms with Gasteiger partial charge in [0.25, 0.3) is 5.91 Å². The van der Waals surface area contributed by atoms with Crippen LogP contribution in [-0.4, -0.2) is 27.1 Å². The Morgan fingerprint density at radius 1 is 1.40 bits per heavy atom. The minimum Gasteiger partial charge on any atom is -0.478 e. The lowest BCUT2D eigenvalue weighted by Gasteiger charge is -2.03. The van der Waals surface area contributed by atoms with Crippen molar-refractivity contribution >= 4 is 18.0 Å². The highest BCUT2D eigenvalue weighted by Gasteiger charge is 2.07. The lowest BCUT2D eigenvalue weighted by Crippen LogP contribution is -2.23. The summed E-state index contributed by atoms with van der Waals surface area (Å²) < 4.78 is 4.65. The van der Waals surface area contributed by atoms with Crippen molar-refractivity contribution in [2.45, 2.75) is 6.54 Å². The minimum absolute atomic E-state index is 0.241. The SMILES string of the molecule is O=C(O)/C=C/c1cncc(C(=O)NCc2ccon2)c1. The van der Waals surface area contributed by atoms with Crippen molar-refractivity contribution in [3.63, 3.8) is 0 Å². The molecule has 2 N–H and O–H groups in total. The van der Waals surface area contributed by atoms with Gasteiger partial charge >= 0.3 is 5.97 Å². The monoisotopic (exact) mass is 273 g/mol. The molecule has 20 heavy (non-hydrogen) atoms. The fourth-order valence-corrected chi connectivity index (χ4v) is 1.44. The van der Waals surface area contributed by atoms with Crippen LogP contribution in [0, 0.1) is 0 Å². The summed E-state index contributed by atoms with van der Waals surface area (Å²) in [6.07, 6.45) is 6.63. The number of nitrogens with one attached hydrogen (secondary N) is 1. The van der Waals surface area contributed by atoms with Gasteiger partial charge in [0.15, 0.2) is 0 Å². The predicted molar refractivity (Wildman–Crippen MR) is 68.6 cm³/mol. The number of hydrogen-bond donors (Lipinski definition) is 2. The highest BCUT2D eigenvalue weighted by Crippen LogP contribution is 2.05. The number of amides is 1. The second kappa shape index (κ2) is 6.28. The summed E-state index contributed by atoms with van der Waals surface area (Å²) in [5.74, 6) is -1.39. The first-order valence-corrected chi connectivity index (χ1v) is 5.68. The zero-order valence-electron chi connectivity index (χ0n) is 10.3. The van der Waals surface area contributed by atoms with E-state index in [2.05, 4.69) is 20.0 Å². The van der Waals surface area contributed by atoms with Crippen LogP contribution in [0.1, 0.15) is 21.6 Å². The standard InChI is InChI=1S/C13H11N3O4/c17-12(18)2-1-9-5-10(7-14-6-9)13(19)15-8-11-3-4-20-16-11/h1-7H,8H2,(H,15,19)(H,17,18)/b2-1+. The van der Waals surface area contributed by atoms with Crippen LogP contribution in [0.2, 0.25) is 0 Å². The van der Waals surface area contributed by atoms with E-state index in [1.165, 1.54) is 24.7 Å². The lowest BCUT2D eigenvalue weighted by molar-refractivity contribution is -0.131. The van der Waals surface area contributed by atoms with E-state index in [1.807, 2.05) is 0 Å². The average Bonchev–Trinajstić information content (AvgIpc) is 2.96. The van der Waals surface area contributed by atoms with Crippen LogP contribution < -0.4 is 5.32 Å². The number of carboxylic acids is 1. The number of rotatable bonds is 5. The molecule has 0 saturated carbocycles. The Morgan fingerprint density at radius 3 is 2.95 bits per heavy atom. The van der Waals surface area contributed by atoms with Crippen molar-refractivity contribution in [2.75, 3.05) is 0 Å². The van der Waals surface area contributed by atoms with Gasteiger partial charge in [-0.25, -0.2) is 4.79 Å². The van der Waals surface area contributed by atoms with Crippen LogP contribution in [0.4, 0.5) is 0 Å². The molecule has 2 heterocycles. The van der Waals surface area contributed by atoms with Crippen LogP contribution in [0.3, 0.4) is 0 Å². The summed E-state index contributed by atoms with van der Waals surface area (Å²) in [6, 6.07) is 3.19. The van der Waals surface area contributed by atoms with Crippen molar-refractivity contribution in [2.24, 2.45) is 0 Å². The van der Waals surface area contributed by atoms with Gasteiger partial charge in [-0.05, 0) is 17.7 Å². The van der Waals surface area contributed by atoms with Gasteiger partial charge in [-0.15, -0.1) is 0 Å². The van der Waals surface area contributed by atoms with E-state index in [9.17, 15) is 9.59 Å². The van der Waals surface area contributed by atoms with Gasteiger partial charge in [0.1, 0.15) is 12.0 Å². The molecular weight excluding hydrogens is 262 g/mol. The van der Waals surface area contributed by atoms with Gasteiger partial charge in [0.05, 0.1) is 12.1 Å². The molecule has 0 spiro atoms. The average molecular weight is 273 g/mol. The molecule has 7 heteroatoms. The van der Waals surface area contributed by atoms with E-state index in [0.29, 0.717) is 16.8 Å². The smallest absolute Gasteiger partial charge is 0.328 e. The minimum atomic E-state index is -1.06. The fourth-order valence-electron chi connectivity index (χ4n) is 1.44. The van der Waals surface area contributed by atoms with E-state index in [0.717, 1.165) is 6.08 Å². The molecule has 0 fully saturated rings. The lowest BCUT2D eigenvalue weighted by atomic mass is 10.2. The van der Waals surface area contributed by atoms with Gasteiger partial charge < -0.3 is 14.9 Å². The molecular formula is C13H11N3O4. The summed E-state index contributed by atoms with van der Waals surface area (Å²) in [5, 5.41) is 14.9. The highest BCUT2D eigenvalue weighted by atomic mass is 16.5. The third-order valence-corrected chi connectivity index (χ3v) is 2.36. The third kappa shape index (κ3) is 3.77. The van der Waals surface area contributed by atoms with Gasteiger partial charge in [-0.1, -0.05) is 5.16 Å². The summed E-state index contributed by atoms with van der Waals surface area (Å²) in [4.78, 5) is 26.2. The Hall–Kier alpha value is -2.96. The molecule has 0 saturated heterocycles. The molecule has 0 aliphatic heterocycles. The van der Waals surface area contributed by atoms with Crippen LogP contribution >= 0.6 is 0 Å². The Kier molecular flexibility index (Phi) is 4.23. The molecule has 0 unspecified atom stereocenters. The Labute approximate surface area is 113 Å². The molecule has 0 bridgehead atoms. The normalized spacial score (nSPS) is 10.6. The summed E-state index contributed by atoms with van der Waals surface area (Å²) in [6.45, 7) is 0.241. The number of carbonyl (C=O) groups excluding carboxylic acids is 1. The maximum absolute atomic E-state index is 11.9. The zero-order valence-corrected chi connectivity index (χ0v) is 10.3. The van der Waals surface area contributed by atoms with E-state index in [4.69, 9.17) is 5.11 Å². The number of hydrogen-bond acceptors (Lipinski definition) is 5. The maximum atomic E-state index is 11.9. The molecule has 0 radical (unpaired) electrons. The molecule has 0 aliphatic rings. The summed E-state index contributed by atoms with van der Waals surface area (Å²) in [5.41, 5.74) is 1.47. The molecule has 0 aliphatic carbocycles. The molecule has 0 aromatic carbocycles. The highest BCUT2D eigenvalue weighted by molar-refractivity contribution is 5.94. The number of aliphatic carboxylic acids is 1. The third-order valence-electron chi connectivity index (χ3n) is 2.36. The van der Waals surface area contributed by atoms with Gasteiger partial charge in [0, 0.05) is 24.5 Å². The maximum Gasteiger partial charge on any atom is 0.328 e. The molecule has 2 rings (SSSR count). The van der Waals surface area contributed by atoms with Crippen molar-refractivity contribution in [3.8, 4) is 0 Å². The number of aromatic nitrogens is 2. The largest absolute Gasteiger partial charge is 0.478 e. The van der Waals surface area contributed by atoms with Crippen molar-refractivity contribution in [1.82, 2.24) is 15.5 Å². The Bertz CT molecular complexity index is 635. The second-order valence-electron chi connectivity index (χ2n) is 3.85. The Morgan fingerprint density at radius 2 is 2.25 bits per heavy atom. The van der Waals surface area contributed by atoms with Gasteiger partial charge in [-0.3, -0.25) is 9.78 Å². The Balaban J connectivity index is 2.02. The van der Waals surface area contributed by atoms with Gasteiger partial charge in [0.2, 0.25) is 0 Å². The molecule has 2 aromatic heterocycles. The first-order valence-electron chi connectivity index (χ1n) is 5.68. The van der Waals surface area contributed by atoms with Gasteiger partial charge in [-0.2, -0.15) is 0 Å². The number of pyridine rings is 1. The second-order valence-corrected chi connectivity index (χ2v) is 3.85. The summed E-state index contributed by atoms with van der Waals surface area (Å²) >= 11 is 0. The van der Waals surface area contributed by atoms with E-state index in [-0.39, 0.29) is 12.5 Å². The number of carboxylic acid groups (broad SMARTS) is 1. The zero-order chi connectivity index (χ0) is 14.4. The first kappa shape index (κ1) is 13.5. The van der Waals surface area contributed by atoms with Crippen molar-refractivity contribution in [1.29, 1.82) is 0 Å². The molecule has 2 aromatic rings. The van der Waals surface area contributed by atoms with E-state index >= 15 is 0 Å². The van der Waals surface area contributed by atoms with Crippen LogP contribution in [0.15, 0.2) is 41.4 Å². The van der Waals surface area contributed by atoms with Crippen molar-refractivity contribution in [3.05, 3.63) is 53.7 Å². The van der Waals surface area contributed by atoms with Crippen molar-refractivity contribution < 1.29 is 19.2 Å². The number of carbonyl (C=O) groups is 2.